The van der Waals surface area contributed by atoms with Crippen LogP contribution in [0, 0.1) is 32.6 Å². The average Bonchev–Trinajstić information content (AvgIpc) is 3.34. The van der Waals surface area contributed by atoms with Crippen molar-refractivity contribution < 1.29 is 4.79 Å². The number of anilines is 1. The van der Waals surface area contributed by atoms with Crippen molar-refractivity contribution in [2.75, 3.05) is 31.1 Å². The third-order valence-corrected chi connectivity index (χ3v) is 5.75. The van der Waals surface area contributed by atoms with Gasteiger partial charge in [0, 0.05) is 61.2 Å². The Morgan fingerprint density at radius 3 is 2.54 bits per heavy atom. The maximum atomic E-state index is 13.0. The highest BCUT2D eigenvalue weighted by Gasteiger charge is 2.43. The summed E-state index contributed by atoms with van der Waals surface area (Å²) in [5, 5.41) is 4.39. The van der Waals surface area contributed by atoms with Crippen molar-refractivity contribution >= 4 is 17.5 Å². The summed E-state index contributed by atoms with van der Waals surface area (Å²) in [6.45, 7) is 9.16. The molecule has 2 aliphatic heterocycles. The molecule has 0 bridgehead atoms. The van der Waals surface area contributed by atoms with Crippen LogP contribution < -0.4 is 4.90 Å². The molecule has 0 N–H and O–H groups in total. The van der Waals surface area contributed by atoms with Crippen LogP contribution in [0.25, 0.3) is 5.78 Å². The van der Waals surface area contributed by atoms with Gasteiger partial charge in [-0.25, -0.2) is 19.5 Å². The Kier molecular flexibility index (Phi) is 3.78. The molecule has 3 aromatic heterocycles. The minimum atomic E-state index is -0.110. The zero-order chi connectivity index (χ0) is 19.4. The number of aryl methyl sites for hydroxylation is 3. The van der Waals surface area contributed by atoms with Crippen LogP contribution in [-0.2, 0) is 0 Å². The van der Waals surface area contributed by atoms with Crippen LogP contribution >= 0.6 is 0 Å². The standard InChI is InChI=1S/C19H22N8O/c1-11-5-20-10-21-17(11)25-6-14-8-26(9-15(14)7-25)18(28)16-23-19-22-12(2)4-13(3)27(19)24-16/h4-5,10,14-15H,6-9H2,1-3H3. The molecular formula is C19H22N8O. The van der Waals surface area contributed by atoms with Gasteiger partial charge in [0.1, 0.15) is 12.1 Å². The second-order valence-electron chi connectivity index (χ2n) is 7.85. The largest absolute Gasteiger partial charge is 0.356 e. The van der Waals surface area contributed by atoms with Crippen LogP contribution in [0.5, 0.6) is 0 Å². The molecule has 2 unspecified atom stereocenters. The lowest BCUT2D eigenvalue weighted by atomic mass is 10.0. The van der Waals surface area contributed by atoms with Crippen molar-refractivity contribution in [2.24, 2.45) is 11.8 Å². The Bertz CT molecular complexity index is 1060. The molecule has 0 saturated carbocycles. The number of nitrogens with zero attached hydrogens (tertiary/aromatic N) is 8. The number of hydrogen-bond donors (Lipinski definition) is 0. The monoisotopic (exact) mass is 378 g/mol. The van der Waals surface area contributed by atoms with Crippen molar-refractivity contribution in [3.05, 3.63) is 41.4 Å². The number of hydrogen-bond acceptors (Lipinski definition) is 7. The fraction of sp³-hybridized carbons (Fsp3) is 0.474. The van der Waals surface area contributed by atoms with Gasteiger partial charge in [-0.2, -0.15) is 4.98 Å². The Balaban J connectivity index is 1.32. The van der Waals surface area contributed by atoms with Crippen molar-refractivity contribution in [2.45, 2.75) is 20.8 Å². The second-order valence-corrected chi connectivity index (χ2v) is 7.85. The maximum absolute atomic E-state index is 13.0. The molecule has 2 aliphatic rings. The van der Waals surface area contributed by atoms with Gasteiger partial charge in [0.15, 0.2) is 0 Å². The van der Waals surface area contributed by atoms with E-state index in [0.29, 0.717) is 17.6 Å². The van der Waals surface area contributed by atoms with E-state index in [0.717, 1.165) is 48.9 Å². The molecule has 0 radical (unpaired) electrons. The van der Waals surface area contributed by atoms with E-state index in [1.54, 1.807) is 10.8 Å². The fourth-order valence-electron chi connectivity index (χ4n) is 4.45. The molecule has 28 heavy (non-hydrogen) atoms. The van der Waals surface area contributed by atoms with Gasteiger partial charge in [0.05, 0.1) is 0 Å². The molecule has 0 spiro atoms. The first-order valence-electron chi connectivity index (χ1n) is 9.51. The van der Waals surface area contributed by atoms with E-state index in [4.69, 9.17) is 0 Å². The summed E-state index contributed by atoms with van der Waals surface area (Å²) in [5.74, 6) is 2.48. The SMILES string of the molecule is Cc1cc(C)n2nc(C(=O)N3CC4CN(c5ncncc5C)CC4C3)nc2n1. The van der Waals surface area contributed by atoms with Crippen molar-refractivity contribution in [3.8, 4) is 0 Å². The van der Waals surface area contributed by atoms with E-state index in [2.05, 4.69) is 29.9 Å². The Morgan fingerprint density at radius 1 is 1.07 bits per heavy atom. The van der Waals surface area contributed by atoms with Crippen LogP contribution in [0.3, 0.4) is 0 Å². The molecule has 1 amide bonds. The summed E-state index contributed by atoms with van der Waals surface area (Å²) in [6, 6.07) is 1.93. The molecule has 0 aromatic carbocycles. The number of amides is 1. The molecule has 2 saturated heterocycles. The number of carbonyl (C=O) groups is 1. The van der Waals surface area contributed by atoms with Gasteiger partial charge in [0.25, 0.3) is 11.7 Å². The first-order chi connectivity index (χ1) is 13.5. The van der Waals surface area contributed by atoms with Crippen molar-refractivity contribution in [3.63, 3.8) is 0 Å². The molecule has 144 valence electrons. The zero-order valence-corrected chi connectivity index (χ0v) is 16.2. The highest BCUT2D eigenvalue weighted by Crippen LogP contribution is 2.34. The summed E-state index contributed by atoms with van der Waals surface area (Å²) in [4.78, 5) is 34.4. The number of carbonyl (C=O) groups excluding carboxylic acids is 1. The van der Waals surface area contributed by atoms with Crippen molar-refractivity contribution in [1.82, 2.24) is 34.4 Å². The molecular weight excluding hydrogens is 356 g/mol. The molecule has 9 nitrogen and oxygen atoms in total. The first kappa shape index (κ1) is 17.0. The van der Waals surface area contributed by atoms with Gasteiger partial charge in [-0.1, -0.05) is 0 Å². The minimum absolute atomic E-state index is 0.110. The second kappa shape index (κ2) is 6.22. The zero-order valence-electron chi connectivity index (χ0n) is 16.2. The summed E-state index contributed by atoms with van der Waals surface area (Å²) in [6.07, 6.45) is 3.44. The van der Waals surface area contributed by atoms with Gasteiger partial charge in [-0.3, -0.25) is 4.79 Å². The van der Waals surface area contributed by atoms with Gasteiger partial charge < -0.3 is 9.80 Å². The van der Waals surface area contributed by atoms with Crippen LogP contribution in [-0.4, -0.2) is 66.5 Å². The molecule has 5 heterocycles. The Hall–Kier alpha value is -3.10. The normalized spacial score (nSPS) is 21.5. The first-order valence-corrected chi connectivity index (χ1v) is 9.51. The number of rotatable bonds is 2. The van der Waals surface area contributed by atoms with Gasteiger partial charge in [-0.05, 0) is 26.8 Å². The Morgan fingerprint density at radius 2 is 1.82 bits per heavy atom. The fourth-order valence-corrected chi connectivity index (χ4v) is 4.45. The number of fused-ring (bicyclic) bond motifs is 2. The van der Waals surface area contributed by atoms with Crippen molar-refractivity contribution in [1.29, 1.82) is 0 Å². The van der Waals surface area contributed by atoms with E-state index in [1.807, 2.05) is 37.9 Å². The maximum Gasteiger partial charge on any atom is 0.293 e. The molecule has 0 aliphatic carbocycles. The minimum Gasteiger partial charge on any atom is -0.356 e. The average molecular weight is 378 g/mol. The van der Waals surface area contributed by atoms with Crippen LogP contribution in [0.4, 0.5) is 5.82 Å². The number of likely N-dealkylation sites (tertiary alicyclic amines) is 1. The van der Waals surface area contributed by atoms with E-state index in [1.165, 1.54) is 0 Å². The van der Waals surface area contributed by atoms with Crippen LogP contribution in [0.1, 0.15) is 27.6 Å². The summed E-state index contributed by atoms with van der Waals surface area (Å²) in [5.41, 5.74) is 2.87. The molecule has 3 aromatic rings. The van der Waals surface area contributed by atoms with Gasteiger partial charge >= 0.3 is 0 Å². The molecule has 9 heteroatoms. The lowest BCUT2D eigenvalue weighted by molar-refractivity contribution is 0.0770. The Labute approximate surface area is 162 Å². The lowest BCUT2D eigenvalue weighted by Crippen LogP contribution is -2.34. The number of aromatic nitrogens is 6. The third-order valence-electron chi connectivity index (χ3n) is 5.75. The van der Waals surface area contributed by atoms with Crippen LogP contribution in [0.2, 0.25) is 0 Å². The summed E-state index contributed by atoms with van der Waals surface area (Å²) < 4.78 is 1.64. The van der Waals surface area contributed by atoms with E-state index >= 15 is 0 Å². The van der Waals surface area contributed by atoms with Crippen LogP contribution in [0.15, 0.2) is 18.6 Å². The topological polar surface area (TPSA) is 92.4 Å². The van der Waals surface area contributed by atoms with Gasteiger partial charge in [0.2, 0.25) is 5.82 Å². The van der Waals surface area contributed by atoms with E-state index < -0.39 is 0 Å². The molecule has 5 rings (SSSR count). The highest BCUT2D eigenvalue weighted by molar-refractivity contribution is 5.91. The highest BCUT2D eigenvalue weighted by atomic mass is 16.2. The summed E-state index contributed by atoms with van der Waals surface area (Å²) in [7, 11) is 0. The third kappa shape index (κ3) is 2.69. The van der Waals surface area contributed by atoms with E-state index in [-0.39, 0.29) is 11.7 Å². The van der Waals surface area contributed by atoms with Gasteiger partial charge in [-0.15, -0.1) is 5.10 Å². The quantitative estimate of drug-likeness (QED) is 0.658. The van der Waals surface area contributed by atoms with E-state index in [9.17, 15) is 4.79 Å². The summed E-state index contributed by atoms with van der Waals surface area (Å²) >= 11 is 0. The lowest BCUT2D eigenvalue weighted by Gasteiger charge is -2.22. The smallest absolute Gasteiger partial charge is 0.293 e. The predicted octanol–water partition coefficient (Wildman–Crippen LogP) is 1.05. The molecule has 2 atom stereocenters. The molecule has 2 fully saturated rings. The predicted molar refractivity (Wildman–Crippen MR) is 102 cm³/mol.